The highest BCUT2D eigenvalue weighted by atomic mass is 32.2. The van der Waals surface area contributed by atoms with Crippen LogP contribution in [0.1, 0.15) is 36.8 Å². The molecule has 1 saturated carbocycles. The molecule has 3 rings (SSSR count). The van der Waals surface area contributed by atoms with Gasteiger partial charge in [-0.1, -0.05) is 42.5 Å². The number of hydrogen-bond acceptors (Lipinski definition) is 4. The number of ether oxygens (including phenoxy) is 1. The average molecular weight is 388 g/mol. The minimum Gasteiger partial charge on any atom is -0.760 e. The van der Waals surface area contributed by atoms with Crippen molar-refractivity contribution in [2.45, 2.75) is 43.7 Å². The van der Waals surface area contributed by atoms with Gasteiger partial charge in [-0.15, -0.1) is 0 Å². The summed E-state index contributed by atoms with van der Waals surface area (Å²) >= 11 is -2.26. The fourth-order valence-electron chi connectivity index (χ4n) is 3.95. The zero-order valence-corrected chi connectivity index (χ0v) is 16.5. The molecule has 1 unspecified atom stereocenters. The van der Waals surface area contributed by atoms with E-state index in [0.29, 0.717) is 12.6 Å². The molecule has 0 saturated heterocycles. The Balaban J connectivity index is 1.67. The quantitative estimate of drug-likeness (QED) is 0.683. The van der Waals surface area contributed by atoms with Crippen LogP contribution in [0.2, 0.25) is 0 Å². The summed E-state index contributed by atoms with van der Waals surface area (Å²) < 4.78 is 30.2. The van der Waals surface area contributed by atoms with Crippen LogP contribution in [0.15, 0.2) is 54.6 Å². The lowest BCUT2D eigenvalue weighted by atomic mass is 9.68. The maximum absolute atomic E-state index is 11.1. The highest BCUT2D eigenvalue weighted by molar-refractivity contribution is 7.77. The molecule has 0 bridgehead atoms. The van der Waals surface area contributed by atoms with Gasteiger partial charge in [-0.05, 0) is 48.9 Å². The van der Waals surface area contributed by atoms with Crippen molar-refractivity contribution >= 4 is 11.3 Å². The van der Waals surface area contributed by atoms with Crippen molar-refractivity contribution in [3.8, 4) is 5.75 Å². The van der Waals surface area contributed by atoms with E-state index < -0.39 is 11.3 Å². The molecule has 146 valence electrons. The van der Waals surface area contributed by atoms with Crippen LogP contribution < -0.4 is 14.8 Å². The number of benzene rings is 2. The van der Waals surface area contributed by atoms with E-state index in [1.807, 2.05) is 24.3 Å². The summed E-state index contributed by atoms with van der Waals surface area (Å²) in [5.41, 5.74) is 2.23. The van der Waals surface area contributed by atoms with E-state index in [1.54, 1.807) is 7.11 Å². The summed E-state index contributed by atoms with van der Waals surface area (Å²) in [7, 11) is 1.65. The van der Waals surface area contributed by atoms with E-state index in [0.717, 1.165) is 43.5 Å². The normalized spacial score (nSPS) is 23.7. The van der Waals surface area contributed by atoms with E-state index in [9.17, 15) is 8.76 Å². The predicted octanol–water partition coefficient (Wildman–Crippen LogP) is 3.05. The third-order valence-corrected chi connectivity index (χ3v) is 5.97. The van der Waals surface area contributed by atoms with Crippen LogP contribution in [0.25, 0.3) is 0 Å². The molecule has 0 spiro atoms. The molecule has 0 aliphatic heterocycles. The second-order valence-corrected chi connectivity index (χ2v) is 7.97. The molecule has 2 aromatic rings. The van der Waals surface area contributed by atoms with Crippen molar-refractivity contribution in [1.82, 2.24) is 10.0 Å². The largest absolute Gasteiger partial charge is 0.760 e. The molecule has 6 heteroatoms. The standard InChI is InChI=1S/C21H28N2O3S/c1-26-20-9-5-8-18(14-20)21(16-23-27(24)25)12-10-19(11-13-21)22-15-17-6-3-2-4-7-17/h2-9,14,19,22-23H,10-13,15-16H2,1H3,(H,24,25)/p-1. The lowest BCUT2D eigenvalue weighted by Crippen LogP contribution is -2.45. The Morgan fingerprint density at radius 1 is 1.15 bits per heavy atom. The number of methoxy groups -OCH3 is 1. The third kappa shape index (κ3) is 5.39. The Morgan fingerprint density at radius 3 is 2.56 bits per heavy atom. The molecule has 1 atom stereocenters. The predicted molar refractivity (Wildman–Crippen MR) is 107 cm³/mol. The van der Waals surface area contributed by atoms with Crippen molar-refractivity contribution in [3.05, 3.63) is 65.7 Å². The lowest BCUT2D eigenvalue weighted by molar-refractivity contribution is 0.244. The smallest absolute Gasteiger partial charge is 0.119 e. The number of rotatable bonds is 8. The molecule has 0 aromatic heterocycles. The van der Waals surface area contributed by atoms with Crippen LogP contribution in [-0.2, 0) is 23.2 Å². The van der Waals surface area contributed by atoms with Crippen molar-refractivity contribution < 1.29 is 13.5 Å². The van der Waals surface area contributed by atoms with Crippen molar-refractivity contribution in [2.75, 3.05) is 13.7 Å². The maximum Gasteiger partial charge on any atom is 0.119 e. The van der Waals surface area contributed by atoms with Crippen LogP contribution in [0.4, 0.5) is 0 Å². The SMILES string of the molecule is COc1cccc(C2(CNS(=O)[O-])CCC(NCc3ccccc3)CC2)c1. The van der Waals surface area contributed by atoms with Gasteiger partial charge in [0.15, 0.2) is 0 Å². The van der Waals surface area contributed by atoms with Gasteiger partial charge < -0.3 is 14.6 Å². The van der Waals surface area contributed by atoms with Gasteiger partial charge >= 0.3 is 0 Å². The van der Waals surface area contributed by atoms with E-state index >= 15 is 0 Å². The van der Waals surface area contributed by atoms with E-state index in [2.05, 4.69) is 40.4 Å². The molecule has 0 amide bonds. The highest BCUT2D eigenvalue weighted by Crippen LogP contribution is 2.40. The Kier molecular flexibility index (Phi) is 7.01. The van der Waals surface area contributed by atoms with Crippen LogP contribution in [0, 0.1) is 0 Å². The Morgan fingerprint density at radius 2 is 1.89 bits per heavy atom. The summed E-state index contributed by atoms with van der Waals surface area (Å²) in [6, 6.07) is 18.9. The molecular formula is C21H27N2O3S-. The summed E-state index contributed by atoms with van der Waals surface area (Å²) in [5.74, 6) is 0.805. The van der Waals surface area contributed by atoms with Gasteiger partial charge in [0.2, 0.25) is 0 Å². The van der Waals surface area contributed by atoms with Crippen molar-refractivity contribution in [1.29, 1.82) is 0 Å². The van der Waals surface area contributed by atoms with Crippen molar-refractivity contribution in [2.24, 2.45) is 0 Å². The molecule has 1 aliphatic carbocycles. The summed E-state index contributed by atoms with van der Waals surface area (Å²) in [6.07, 6.45) is 3.88. The molecule has 27 heavy (non-hydrogen) atoms. The summed E-state index contributed by atoms with van der Waals surface area (Å²) in [4.78, 5) is 0. The van der Waals surface area contributed by atoms with Gasteiger partial charge in [0.05, 0.1) is 7.11 Å². The first kappa shape index (κ1) is 20.0. The Bertz CT molecular complexity index is 746. The minimum atomic E-state index is -2.26. The second-order valence-electron chi connectivity index (χ2n) is 7.21. The van der Waals surface area contributed by atoms with E-state index in [4.69, 9.17) is 4.74 Å². The Hall–Kier alpha value is -1.73. The van der Waals surface area contributed by atoms with Crippen LogP contribution in [0.3, 0.4) is 0 Å². The topological polar surface area (TPSA) is 73.4 Å². The van der Waals surface area contributed by atoms with Gasteiger partial charge in [-0.3, -0.25) is 4.21 Å². The number of hydrogen-bond donors (Lipinski definition) is 2. The fourth-order valence-corrected chi connectivity index (χ4v) is 4.34. The van der Waals surface area contributed by atoms with Gasteiger partial charge in [-0.25, -0.2) is 4.72 Å². The number of nitrogens with one attached hydrogen (secondary N) is 2. The molecule has 1 fully saturated rings. The highest BCUT2D eigenvalue weighted by Gasteiger charge is 2.36. The zero-order valence-electron chi connectivity index (χ0n) is 15.6. The van der Waals surface area contributed by atoms with E-state index in [-0.39, 0.29) is 5.41 Å². The van der Waals surface area contributed by atoms with Crippen LogP contribution in [-0.4, -0.2) is 28.5 Å². The Labute approximate surface area is 163 Å². The zero-order chi connectivity index (χ0) is 19.1. The molecule has 0 heterocycles. The minimum absolute atomic E-state index is 0.195. The lowest BCUT2D eigenvalue weighted by Gasteiger charge is -2.41. The van der Waals surface area contributed by atoms with Gasteiger partial charge in [0.25, 0.3) is 0 Å². The molecule has 5 nitrogen and oxygen atoms in total. The first-order valence-electron chi connectivity index (χ1n) is 9.36. The molecule has 2 N–H and O–H groups in total. The average Bonchev–Trinajstić information content (AvgIpc) is 2.72. The summed E-state index contributed by atoms with van der Waals surface area (Å²) in [5, 5.41) is 3.65. The molecule has 1 aliphatic rings. The summed E-state index contributed by atoms with van der Waals surface area (Å²) in [6.45, 7) is 1.28. The van der Waals surface area contributed by atoms with Crippen LogP contribution in [0.5, 0.6) is 5.75 Å². The third-order valence-electron chi connectivity index (χ3n) is 5.59. The fraction of sp³-hybridized carbons (Fsp3) is 0.429. The van der Waals surface area contributed by atoms with E-state index in [1.165, 1.54) is 5.56 Å². The second kappa shape index (κ2) is 9.46. The van der Waals surface area contributed by atoms with Gasteiger partial charge in [-0.2, -0.15) is 0 Å². The van der Waals surface area contributed by atoms with Crippen molar-refractivity contribution in [3.63, 3.8) is 0 Å². The monoisotopic (exact) mass is 387 g/mol. The van der Waals surface area contributed by atoms with Crippen LogP contribution >= 0.6 is 0 Å². The molecule has 2 aromatic carbocycles. The van der Waals surface area contributed by atoms with Gasteiger partial charge in [0, 0.05) is 35.8 Å². The molecule has 0 radical (unpaired) electrons. The first-order chi connectivity index (χ1) is 13.1. The maximum atomic E-state index is 11.1. The van der Waals surface area contributed by atoms with Gasteiger partial charge in [0.1, 0.15) is 5.75 Å². The molecular weight excluding hydrogens is 360 g/mol. The first-order valence-corrected chi connectivity index (χ1v) is 10.4.